The number of carbonyl (C=O) groups is 3. The van der Waals surface area contributed by atoms with E-state index in [-0.39, 0.29) is 11.6 Å². The molecule has 3 aromatic rings. The fourth-order valence-electron chi connectivity index (χ4n) is 2.91. The second-order valence-corrected chi connectivity index (χ2v) is 7.63. The third-order valence-electron chi connectivity index (χ3n) is 4.43. The SMILES string of the molecule is O=C1NC(=O)/C(=C/c2cnn3c(NC4CC4)cc(NC(=O)c4cccs4)nc23)N1. The highest BCUT2D eigenvalue weighted by Gasteiger charge is 2.25. The van der Waals surface area contributed by atoms with E-state index < -0.39 is 11.9 Å². The molecule has 2 aliphatic rings. The first kappa shape index (κ1) is 17.4. The number of fused-ring (bicyclic) bond motifs is 1. The molecule has 0 bridgehead atoms. The zero-order chi connectivity index (χ0) is 20.0. The highest BCUT2D eigenvalue weighted by molar-refractivity contribution is 7.12. The number of thiophene rings is 1. The monoisotopic (exact) mass is 409 g/mol. The van der Waals surface area contributed by atoms with Crippen molar-refractivity contribution in [3.8, 4) is 0 Å². The summed E-state index contributed by atoms with van der Waals surface area (Å²) in [6, 6.07) is 5.04. The topological polar surface area (TPSA) is 130 Å². The van der Waals surface area contributed by atoms with Gasteiger partial charge in [-0.3, -0.25) is 14.9 Å². The molecule has 1 saturated carbocycles. The number of amides is 4. The van der Waals surface area contributed by atoms with Crippen molar-refractivity contribution >= 4 is 52.5 Å². The summed E-state index contributed by atoms with van der Waals surface area (Å²) in [6.07, 6.45) is 5.17. The molecule has 1 saturated heterocycles. The van der Waals surface area contributed by atoms with Crippen LogP contribution in [0, 0.1) is 0 Å². The molecule has 0 unspecified atom stereocenters. The number of imide groups is 1. The Balaban J connectivity index is 1.55. The van der Waals surface area contributed by atoms with Crippen LogP contribution in [0.15, 0.2) is 35.5 Å². The molecule has 3 aromatic heterocycles. The van der Waals surface area contributed by atoms with Crippen LogP contribution < -0.4 is 21.3 Å². The largest absolute Gasteiger partial charge is 0.367 e. The number of aromatic nitrogens is 3. The molecular weight excluding hydrogens is 394 g/mol. The number of rotatable bonds is 5. The average molecular weight is 409 g/mol. The Morgan fingerprint density at radius 1 is 1.31 bits per heavy atom. The molecule has 5 rings (SSSR count). The first-order valence-corrected chi connectivity index (χ1v) is 9.79. The average Bonchev–Trinajstić information content (AvgIpc) is 3.07. The number of carbonyl (C=O) groups excluding carboxylic acids is 3. The van der Waals surface area contributed by atoms with Crippen LogP contribution in [-0.2, 0) is 4.79 Å². The fraction of sp³-hybridized carbons (Fsp3) is 0.167. The summed E-state index contributed by atoms with van der Waals surface area (Å²) in [7, 11) is 0. The van der Waals surface area contributed by atoms with Crippen LogP contribution in [0.5, 0.6) is 0 Å². The van der Waals surface area contributed by atoms with E-state index in [0.29, 0.717) is 33.8 Å². The van der Waals surface area contributed by atoms with Crippen LogP contribution in [0.1, 0.15) is 28.1 Å². The van der Waals surface area contributed by atoms with Crippen molar-refractivity contribution in [3.63, 3.8) is 0 Å². The van der Waals surface area contributed by atoms with Crippen molar-refractivity contribution < 1.29 is 14.4 Å². The third kappa shape index (κ3) is 3.43. The lowest BCUT2D eigenvalue weighted by Gasteiger charge is -2.10. The fourth-order valence-corrected chi connectivity index (χ4v) is 3.53. The van der Waals surface area contributed by atoms with Gasteiger partial charge < -0.3 is 16.0 Å². The van der Waals surface area contributed by atoms with Gasteiger partial charge in [0.05, 0.1) is 11.1 Å². The van der Waals surface area contributed by atoms with Crippen molar-refractivity contribution in [1.82, 2.24) is 25.2 Å². The number of anilines is 2. The molecule has 0 aromatic carbocycles. The molecule has 4 N–H and O–H groups in total. The van der Waals surface area contributed by atoms with Gasteiger partial charge in [-0.1, -0.05) is 6.07 Å². The standard InChI is InChI=1S/C18H15N7O3S/c26-16-11(21-18(28)24-16)6-9-8-19-25-14(20-10-3-4-10)7-13(22-15(9)25)23-17(27)12-2-1-5-29-12/h1-2,5-8,10,20H,3-4H2,(H,22,23,27)(H2,21,24,26,28)/b11-6-. The van der Waals surface area contributed by atoms with Gasteiger partial charge in [-0.2, -0.15) is 9.61 Å². The molecule has 0 radical (unpaired) electrons. The van der Waals surface area contributed by atoms with Crippen LogP contribution in [0.3, 0.4) is 0 Å². The summed E-state index contributed by atoms with van der Waals surface area (Å²) < 4.78 is 1.61. The molecule has 29 heavy (non-hydrogen) atoms. The second kappa shape index (κ2) is 6.71. The van der Waals surface area contributed by atoms with Gasteiger partial charge in [0.2, 0.25) is 0 Å². The number of hydrogen-bond donors (Lipinski definition) is 4. The first-order valence-electron chi connectivity index (χ1n) is 8.91. The number of nitrogens with one attached hydrogen (secondary N) is 4. The Hall–Kier alpha value is -3.73. The maximum absolute atomic E-state index is 12.4. The van der Waals surface area contributed by atoms with E-state index in [1.807, 2.05) is 5.38 Å². The summed E-state index contributed by atoms with van der Waals surface area (Å²) in [5.74, 6) is 0.270. The van der Waals surface area contributed by atoms with Gasteiger partial charge in [-0.05, 0) is 30.4 Å². The highest BCUT2D eigenvalue weighted by Crippen LogP contribution is 2.27. The minimum atomic E-state index is -0.578. The van der Waals surface area contributed by atoms with E-state index in [4.69, 9.17) is 0 Å². The van der Waals surface area contributed by atoms with E-state index in [9.17, 15) is 14.4 Å². The van der Waals surface area contributed by atoms with Gasteiger partial charge >= 0.3 is 6.03 Å². The van der Waals surface area contributed by atoms with Crippen LogP contribution in [0.25, 0.3) is 11.7 Å². The summed E-state index contributed by atoms with van der Waals surface area (Å²) in [4.78, 5) is 40.7. The summed E-state index contributed by atoms with van der Waals surface area (Å²) >= 11 is 1.34. The smallest absolute Gasteiger partial charge is 0.326 e. The van der Waals surface area contributed by atoms with Crippen LogP contribution in [-0.4, -0.2) is 38.5 Å². The maximum atomic E-state index is 12.4. The molecular formula is C18H15N7O3S. The summed E-state index contributed by atoms with van der Waals surface area (Å²) in [5, 5.41) is 16.9. The van der Waals surface area contributed by atoms with Crippen molar-refractivity contribution in [1.29, 1.82) is 0 Å². The summed E-state index contributed by atoms with van der Waals surface area (Å²) in [5.41, 5.74) is 1.08. The van der Waals surface area contributed by atoms with Gasteiger partial charge in [-0.15, -0.1) is 11.3 Å². The van der Waals surface area contributed by atoms with E-state index in [1.165, 1.54) is 17.4 Å². The van der Waals surface area contributed by atoms with Crippen LogP contribution in [0.4, 0.5) is 16.4 Å². The predicted molar refractivity (Wildman–Crippen MR) is 107 cm³/mol. The van der Waals surface area contributed by atoms with E-state index in [1.54, 1.807) is 28.9 Å². The molecule has 4 amide bonds. The molecule has 146 valence electrons. The lowest BCUT2D eigenvalue weighted by Crippen LogP contribution is -2.22. The minimum absolute atomic E-state index is 0.108. The summed E-state index contributed by atoms with van der Waals surface area (Å²) in [6.45, 7) is 0. The Kier molecular flexibility index (Phi) is 4.02. The van der Waals surface area contributed by atoms with Gasteiger partial charge in [-0.25, -0.2) is 9.78 Å². The van der Waals surface area contributed by atoms with Crippen LogP contribution >= 0.6 is 11.3 Å². The minimum Gasteiger partial charge on any atom is -0.367 e. The first-order chi connectivity index (χ1) is 14.1. The Morgan fingerprint density at radius 2 is 2.17 bits per heavy atom. The van der Waals surface area contributed by atoms with Crippen molar-refractivity contribution in [2.75, 3.05) is 10.6 Å². The van der Waals surface area contributed by atoms with E-state index in [0.717, 1.165) is 12.8 Å². The molecule has 1 aliphatic carbocycles. The van der Waals surface area contributed by atoms with E-state index in [2.05, 4.69) is 31.3 Å². The number of hydrogen-bond acceptors (Lipinski definition) is 7. The predicted octanol–water partition coefficient (Wildman–Crippen LogP) is 1.80. The molecule has 11 heteroatoms. The van der Waals surface area contributed by atoms with E-state index >= 15 is 0 Å². The number of urea groups is 1. The second-order valence-electron chi connectivity index (χ2n) is 6.68. The lowest BCUT2D eigenvalue weighted by atomic mass is 10.2. The van der Waals surface area contributed by atoms with Gasteiger partial charge in [0.25, 0.3) is 11.8 Å². The molecule has 1 aliphatic heterocycles. The molecule has 0 spiro atoms. The zero-order valence-corrected chi connectivity index (χ0v) is 15.7. The Labute approximate surface area is 168 Å². The van der Waals surface area contributed by atoms with Gasteiger partial charge in [0.15, 0.2) is 5.65 Å². The maximum Gasteiger partial charge on any atom is 0.326 e. The molecule has 2 fully saturated rings. The zero-order valence-electron chi connectivity index (χ0n) is 14.9. The lowest BCUT2D eigenvalue weighted by molar-refractivity contribution is -0.115. The number of nitrogens with zero attached hydrogens (tertiary/aromatic N) is 3. The Bertz CT molecular complexity index is 1180. The molecule has 4 heterocycles. The highest BCUT2D eigenvalue weighted by atomic mass is 32.1. The Morgan fingerprint density at radius 3 is 2.86 bits per heavy atom. The molecule has 10 nitrogen and oxygen atoms in total. The normalized spacial score (nSPS) is 17.4. The van der Waals surface area contributed by atoms with Crippen molar-refractivity contribution in [2.24, 2.45) is 0 Å². The third-order valence-corrected chi connectivity index (χ3v) is 5.30. The van der Waals surface area contributed by atoms with Crippen molar-refractivity contribution in [3.05, 3.63) is 45.9 Å². The van der Waals surface area contributed by atoms with Crippen LogP contribution in [0.2, 0.25) is 0 Å². The molecule has 0 atom stereocenters. The van der Waals surface area contributed by atoms with Gasteiger partial charge in [0, 0.05) is 17.7 Å². The van der Waals surface area contributed by atoms with Crippen molar-refractivity contribution in [2.45, 2.75) is 18.9 Å². The quantitative estimate of drug-likeness (QED) is 0.376. The van der Waals surface area contributed by atoms with Gasteiger partial charge in [0.1, 0.15) is 17.3 Å².